The lowest BCUT2D eigenvalue weighted by atomic mass is 10.3. The van der Waals surface area contributed by atoms with Gasteiger partial charge in [0.1, 0.15) is 11.9 Å². The maximum atomic E-state index is 12.3. The van der Waals surface area contributed by atoms with E-state index in [-0.39, 0.29) is 10.7 Å². The molecule has 10 heteroatoms. The van der Waals surface area contributed by atoms with Gasteiger partial charge in [-0.15, -0.1) is 0 Å². The molecule has 122 valence electrons. The van der Waals surface area contributed by atoms with E-state index in [4.69, 9.17) is 5.26 Å². The Kier molecular flexibility index (Phi) is 3.78. The van der Waals surface area contributed by atoms with Crippen LogP contribution < -0.4 is 4.72 Å². The Morgan fingerprint density at radius 1 is 1.33 bits per heavy atom. The largest absolute Gasteiger partial charge is 0.337 e. The molecule has 3 rings (SSSR count). The standard InChI is InChI=1S/C14H13N7O2S/c1-10-18-13(9-20(10)2)24(22,23)19-12-7-17-21(8-12)14-11(6-15)4-3-5-16-14/h3-5,7-9,19H,1-2H3. The number of nitrogens with one attached hydrogen (secondary N) is 1. The molecule has 0 aliphatic carbocycles. The van der Waals surface area contributed by atoms with Crippen LogP contribution in [-0.2, 0) is 17.1 Å². The van der Waals surface area contributed by atoms with Gasteiger partial charge in [-0.3, -0.25) is 4.72 Å². The van der Waals surface area contributed by atoms with E-state index >= 15 is 0 Å². The average molecular weight is 343 g/mol. The molecule has 0 unspecified atom stereocenters. The number of anilines is 1. The van der Waals surface area contributed by atoms with Crippen molar-refractivity contribution in [2.75, 3.05) is 4.72 Å². The Morgan fingerprint density at radius 3 is 2.79 bits per heavy atom. The summed E-state index contributed by atoms with van der Waals surface area (Å²) in [7, 11) is -2.11. The molecule has 3 heterocycles. The van der Waals surface area contributed by atoms with E-state index in [9.17, 15) is 8.42 Å². The number of hydrogen-bond acceptors (Lipinski definition) is 6. The number of pyridine rings is 1. The van der Waals surface area contributed by atoms with E-state index in [1.54, 1.807) is 30.7 Å². The number of hydrogen-bond donors (Lipinski definition) is 1. The fraction of sp³-hybridized carbons (Fsp3) is 0.143. The van der Waals surface area contributed by atoms with E-state index in [1.807, 2.05) is 6.07 Å². The number of sulfonamides is 1. The molecule has 0 atom stereocenters. The number of nitrogens with zero attached hydrogens (tertiary/aromatic N) is 6. The van der Waals surface area contributed by atoms with Crippen LogP contribution >= 0.6 is 0 Å². The lowest BCUT2D eigenvalue weighted by molar-refractivity contribution is 0.598. The van der Waals surface area contributed by atoms with Crippen LogP contribution in [-0.4, -0.2) is 32.7 Å². The monoisotopic (exact) mass is 343 g/mol. The first-order valence-electron chi connectivity index (χ1n) is 6.83. The molecule has 24 heavy (non-hydrogen) atoms. The van der Waals surface area contributed by atoms with Gasteiger partial charge in [0, 0.05) is 19.4 Å². The molecule has 0 saturated carbocycles. The van der Waals surface area contributed by atoms with Crippen LogP contribution in [0.25, 0.3) is 5.82 Å². The Hall–Kier alpha value is -3.19. The van der Waals surface area contributed by atoms with Crippen molar-refractivity contribution in [3.8, 4) is 11.9 Å². The molecule has 0 saturated heterocycles. The Labute approximate surface area is 138 Å². The second kappa shape index (κ2) is 5.78. The number of rotatable bonds is 4. The summed E-state index contributed by atoms with van der Waals surface area (Å²) in [6.45, 7) is 1.71. The normalized spacial score (nSPS) is 11.2. The summed E-state index contributed by atoms with van der Waals surface area (Å²) in [5, 5.41) is 13.1. The lowest BCUT2D eigenvalue weighted by Gasteiger charge is -2.03. The van der Waals surface area contributed by atoms with Crippen LogP contribution in [0.3, 0.4) is 0 Å². The Morgan fingerprint density at radius 2 is 2.12 bits per heavy atom. The average Bonchev–Trinajstić information content (AvgIpc) is 3.14. The minimum Gasteiger partial charge on any atom is -0.337 e. The van der Waals surface area contributed by atoms with Crippen LogP contribution in [0.4, 0.5) is 5.69 Å². The lowest BCUT2D eigenvalue weighted by Crippen LogP contribution is -2.13. The van der Waals surface area contributed by atoms with Gasteiger partial charge in [-0.1, -0.05) is 0 Å². The van der Waals surface area contributed by atoms with Crippen molar-refractivity contribution in [1.82, 2.24) is 24.3 Å². The number of imidazole rings is 1. The highest BCUT2D eigenvalue weighted by Gasteiger charge is 2.19. The van der Waals surface area contributed by atoms with Crippen LogP contribution in [0.1, 0.15) is 11.4 Å². The first-order valence-corrected chi connectivity index (χ1v) is 8.32. The molecule has 3 aromatic rings. The van der Waals surface area contributed by atoms with E-state index in [0.29, 0.717) is 17.2 Å². The van der Waals surface area contributed by atoms with Crippen LogP contribution in [0.15, 0.2) is 41.9 Å². The number of nitriles is 1. The zero-order valence-electron chi connectivity index (χ0n) is 12.9. The molecule has 9 nitrogen and oxygen atoms in total. The summed E-state index contributed by atoms with van der Waals surface area (Å²) < 4.78 is 30.0. The summed E-state index contributed by atoms with van der Waals surface area (Å²) in [6, 6.07) is 5.25. The van der Waals surface area contributed by atoms with Crippen LogP contribution in [0.2, 0.25) is 0 Å². The molecule has 0 radical (unpaired) electrons. The van der Waals surface area contributed by atoms with Crippen molar-refractivity contribution in [2.24, 2.45) is 7.05 Å². The predicted molar refractivity (Wildman–Crippen MR) is 84.8 cm³/mol. The van der Waals surface area contributed by atoms with Gasteiger partial charge < -0.3 is 4.57 Å². The summed E-state index contributed by atoms with van der Waals surface area (Å²) in [5.41, 5.74) is 0.572. The van der Waals surface area contributed by atoms with E-state index in [0.717, 1.165) is 0 Å². The zero-order valence-corrected chi connectivity index (χ0v) is 13.7. The highest BCUT2D eigenvalue weighted by Crippen LogP contribution is 2.17. The molecule has 0 aromatic carbocycles. The molecule has 0 aliphatic heterocycles. The van der Waals surface area contributed by atoms with E-state index < -0.39 is 10.0 Å². The zero-order chi connectivity index (χ0) is 17.3. The second-order valence-corrected chi connectivity index (χ2v) is 6.63. The topological polar surface area (TPSA) is 118 Å². The van der Waals surface area contributed by atoms with Gasteiger partial charge in [-0.05, 0) is 19.1 Å². The first kappa shape index (κ1) is 15.7. The third kappa shape index (κ3) is 2.84. The van der Waals surface area contributed by atoms with E-state index in [2.05, 4.69) is 19.8 Å². The van der Waals surface area contributed by atoms with Gasteiger partial charge in [0.15, 0.2) is 10.8 Å². The third-order valence-electron chi connectivity index (χ3n) is 3.32. The van der Waals surface area contributed by atoms with Crippen molar-refractivity contribution in [1.29, 1.82) is 5.26 Å². The Bertz CT molecular complexity index is 1020. The summed E-state index contributed by atoms with van der Waals surface area (Å²) in [4.78, 5) is 8.09. The molecule has 3 aromatic heterocycles. The van der Waals surface area contributed by atoms with E-state index in [1.165, 1.54) is 29.5 Å². The SMILES string of the molecule is Cc1nc(S(=O)(=O)Nc2cnn(-c3ncccc3C#N)c2)cn1C. The number of aromatic nitrogens is 5. The minimum atomic E-state index is -3.82. The fourth-order valence-corrected chi connectivity index (χ4v) is 3.09. The van der Waals surface area contributed by atoms with Gasteiger partial charge in [0.25, 0.3) is 10.0 Å². The Balaban J connectivity index is 1.90. The van der Waals surface area contributed by atoms with Crippen molar-refractivity contribution in [3.63, 3.8) is 0 Å². The first-order chi connectivity index (χ1) is 11.4. The maximum Gasteiger partial charge on any atom is 0.281 e. The third-order valence-corrected chi connectivity index (χ3v) is 4.57. The number of aryl methyl sites for hydroxylation is 2. The molecule has 0 amide bonds. The highest BCUT2D eigenvalue weighted by molar-refractivity contribution is 7.92. The predicted octanol–water partition coefficient (Wildman–Crippen LogP) is 0.982. The quantitative estimate of drug-likeness (QED) is 0.754. The molecule has 0 fully saturated rings. The van der Waals surface area contributed by atoms with Gasteiger partial charge in [-0.25, -0.2) is 14.6 Å². The summed E-state index contributed by atoms with van der Waals surface area (Å²) >= 11 is 0. The second-order valence-electron chi connectivity index (χ2n) is 5.00. The van der Waals surface area contributed by atoms with Gasteiger partial charge in [0.2, 0.25) is 0 Å². The highest BCUT2D eigenvalue weighted by atomic mass is 32.2. The summed E-state index contributed by atoms with van der Waals surface area (Å²) in [5.74, 6) is 0.900. The van der Waals surface area contributed by atoms with Gasteiger partial charge >= 0.3 is 0 Å². The van der Waals surface area contributed by atoms with Gasteiger partial charge in [0.05, 0.1) is 23.6 Å². The van der Waals surface area contributed by atoms with Crippen LogP contribution in [0, 0.1) is 18.3 Å². The maximum absolute atomic E-state index is 12.3. The molecular formula is C14H13N7O2S. The molecule has 0 bridgehead atoms. The minimum absolute atomic E-state index is 0.0780. The van der Waals surface area contributed by atoms with Crippen LogP contribution in [0.5, 0.6) is 0 Å². The van der Waals surface area contributed by atoms with Gasteiger partial charge in [-0.2, -0.15) is 18.8 Å². The van der Waals surface area contributed by atoms with Crippen molar-refractivity contribution in [2.45, 2.75) is 11.9 Å². The van der Waals surface area contributed by atoms with Crippen molar-refractivity contribution >= 4 is 15.7 Å². The molecule has 0 aliphatic rings. The molecule has 1 N–H and O–H groups in total. The fourth-order valence-electron chi connectivity index (χ4n) is 2.02. The smallest absolute Gasteiger partial charge is 0.281 e. The summed E-state index contributed by atoms with van der Waals surface area (Å²) in [6.07, 6.45) is 5.73. The van der Waals surface area contributed by atoms with Crippen molar-refractivity contribution in [3.05, 3.63) is 48.3 Å². The molecule has 0 spiro atoms. The van der Waals surface area contributed by atoms with Crippen molar-refractivity contribution < 1.29 is 8.42 Å². The molecular weight excluding hydrogens is 330 g/mol.